The van der Waals surface area contributed by atoms with Crippen molar-refractivity contribution in [2.24, 2.45) is 0 Å². The molecule has 1 N–H and O–H groups in total. The van der Waals surface area contributed by atoms with Crippen molar-refractivity contribution in [2.45, 2.75) is 6.92 Å². The summed E-state index contributed by atoms with van der Waals surface area (Å²) >= 11 is 0. The number of hydrogen-bond acceptors (Lipinski definition) is 2. The van der Waals surface area contributed by atoms with Crippen LogP contribution in [0.25, 0.3) is 6.08 Å². The van der Waals surface area contributed by atoms with Crippen molar-refractivity contribution in [3.63, 3.8) is 0 Å². The number of anilines is 1. The van der Waals surface area contributed by atoms with E-state index in [1.165, 1.54) is 12.2 Å². The summed E-state index contributed by atoms with van der Waals surface area (Å²) in [5.74, 6) is -0.350. The zero-order valence-electron chi connectivity index (χ0n) is 13.5. The normalized spacial score (nSPS) is 11.4. The van der Waals surface area contributed by atoms with Crippen molar-refractivity contribution in [1.29, 1.82) is 0 Å². The molecule has 2 rings (SSSR count). The van der Waals surface area contributed by atoms with Gasteiger partial charge in [0.05, 0.1) is 0 Å². The number of amides is 1. The lowest BCUT2D eigenvalue weighted by Gasteiger charge is -2.03. The van der Waals surface area contributed by atoms with Crippen LogP contribution in [-0.2, 0) is 4.79 Å². The van der Waals surface area contributed by atoms with Crippen molar-refractivity contribution in [3.05, 3.63) is 96.1 Å². The molecule has 1 amide bonds. The molecule has 0 saturated heterocycles. The molecule has 2 aromatic carbocycles. The largest absolute Gasteiger partial charge is 0.322 e. The van der Waals surface area contributed by atoms with Gasteiger partial charge in [-0.1, -0.05) is 66.8 Å². The summed E-state index contributed by atoms with van der Waals surface area (Å²) in [5, 5.41) is 2.73. The Kier molecular flexibility index (Phi) is 6.47. The second-order valence-corrected chi connectivity index (χ2v) is 5.06. The van der Waals surface area contributed by atoms with E-state index in [-0.39, 0.29) is 11.7 Å². The molecule has 24 heavy (non-hydrogen) atoms. The first-order valence-corrected chi connectivity index (χ1v) is 7.67. The topological polar surface area (TPSA) is 46.2 Å². The van der Waals surface area contributed by atoms with Gasteiger partial charge in [-0.3, -0.25) is 9.59 Å². The average Bonchev–Trinajstić information content (AvgIpc) is 2.61. The van der Waals surface area contributed by atoms with Crippen LogP contribution in [0.1, 0.15) is 22.8 Å². The molecule has 0 aromatic heterocycles. The summed E-state index contributed by atoms with van der Waals surface area (Å²) in [4.78, 5) is 24.0. The van der Waals surface area contributed by atoms with Crippen molar-refractivity contribution >= 4 is 23.5 Å². The molecule has 0 spiro atoms. The van der Waals surface area contributed by atoms with Gasteiger partial charge in [0, 0.05) is 17.3 Å². The Labute approximate surface area is 142 Å². The number of rotatable bonds is 6. The SMILES string of the molecule is C/C=C/C=C/C(=O)Nc1cccc(C(=O)/C=C/c2ccccc2)c1. The molecule has 0 aliphatic carbocycles. The summed E-state index contributed by atoms with van der Waals surface area (Å²) in [6, 6.07) is 16.5. The maximum Gasteiger partial charge on any atom is 0.248 e. The number of carbonyl (C=O) groups is 2. The molecule has 0 radical (unpaired) electrons. The fraction of sp³-hybridized carbons (Fsp3) is 0.0476. The van der Waals surface area contributed by atoms with Crippen LogP contribution in [0.5, 0.6) is 0 Å². The van der Waals surface area contributed by atoms with E-state index in [0.29, 0.717) is 11.3 Å². The number of benzene rings is 2. The molecule has 0 atom stereocenters. The first-order chi connectivity index (χ1) is 11.7. The second kappa shape index (κ2) is 9.06. The number of nitrogens with one attached hydrogen (secondary N) is 1. The summed E-state index contributed by atoms with van der Waals surface area (Å²) in [5.41, 5.74) is 2.07. The lowest BCUT2D eigenvalue weighted by Crippen LogP contribution is -2.08. The van der Waals surface area contributed by atoms with E-state index in [4.69, 9.17) is 0 Å². The number of allylic oxidation sites excluding steroid dienone is 4. The molecule has 0 aliphatic heterocycles. The quantitative estimate of drug-likeness (QED) is 0.479. The zero-order chi connectivity index (χ0) is 17.2. The van der Waals surface area contributed by atoms with E-state index >= 15 is 0 Å². The Morgan fingerprint density at radius 2 is 1.71 bits per heavy atom. The van der Waals surface area contributed by atoms with Gasteiger partial charge in [0.2, 0.25) is 5.91 Å². The highest BCUT2D eigenvalue weighted by Gasteiger charge is 2.04. The standard InChI is InChI=1S/C21H19NO2/c1-2-3-5-13-21(24)22-19-12-8-11-18(16-19)20(23)15-14-17-9-6-4-7-10-17/h2-16H,1H3,(H,22,24)/b3-2+,13-5+,15-14+. The molecule has 0 bridgehead atoms. The average molecular weight is 317 g/mol. The van der Waals surface area contributed by atoms with Crippen LogP contribution in [0.15, 0.2) is 85.0 Å². The highest BCUT2D eigenvalue weighted by Crippen LogP contribution is 2.12. The van der Waals surface area contributed by atoms with Crippen molar-refractivity contribution in [2.75, 3.05) is 5.32 Å². The van der Waals surface area contributed by atoms with Gasteiger partial charge in [0.15, 0.2) is 5.78 Å². The third kappa shape index (κ3) is 5.54. The Hall–Kier alpha value is -3.20. The van der Waals surface area contributed by atoms with Gasteiger partial charge in [-0.25, -0.2) is 0 Å². The van der Waals surface area contributed by atoms with Crippen molar-refractivity contribution in [1.82, 2.24) is 0 Å². The van der Waals surface area contributed by atoms with Crippen LogP contribution in [-0.4, -0.2) is 11.7 Å². The van der Waals surface area contributed by atoms with E-state index in [1.54, 1.807) is 42.5 Å². The molecule has 0 unspecified atom stereocenters. The summed E-state index contributed by atoms with van der Waals surface area (Å²) in [7, 11) is 0. The maximum atomic E-state index is 12.2. The Morgan fingerprint density at radius 3 is 2.46 bits per heavy atom. The van der Waals surface area contributed by atoms with Gasteiger partial charge in [-0.15, -0.1) is 0 Å². The highest BCUT2D eigenvalue weighted by atomic mass is 16.1. The van der Waals surface area contributed by atoms with Crippen LogP contribution in [0.3, 0.4) is 0 Å². The van der Waals surface area contributed by atoms with Crippen LogP contribution in [0.2, 0.25) is 0 Å². The predicted molar refractivity (Wildman–Crippen MR) is 98.8 cm³/mol. The lowest BCUT2D eigenvalue weighted by molar-refractivity contribution is -0.111. The van der Waals surface area contributed by atoms with Gasteiger partial charge < -0.3 is 5.32 Å². The molecule has 0 heterocycles. The maximum absolute atomic E-state index is 12.2. The molecule has 0 aliphatic rings. The number of ketones is 1. The van der Waals surface area contributed by atoms with Crippen LogP contribution < -0.4 is 5.32 Å². The minimum atomic E-state index is -0.238. The fourth-order valence-electron chi connectivity index (χ4n) is 2.02. The van der Waals surface area contributed by atoms with E-state index in [1.807, 2.05) is 43.3 Å². The van der Waals surface area contributed by atoms with Gasteiger partial charge in [-0.05, 0) is 30.7 Å². The van der Waals surface area contributed by atoms with Crippen LogP contribution in [0, 0.1) is 0 Å². The summed E-state index contributed by atoms with van der Waals surface area (Å²) in [6.45, 7) is 1.88. The second-order valence-electron chi connectivity index (χ2n) is 5.06. The predicted octanol–water partition coefficient (Wildman–Crippen LogP) is 4.65. The molecular formula is C21H19NO2. The van der Waals surface area contributed by atoms with E-state index in [0.717, 1.165) is 5.56 Å². The molecule has 3 nitrogen and oxygen atoms in total. The van der Waals surface area contributed by atoms with Gasteiger partial charge in [-0.2, -0.15) is 0 Å². The van der Waals surface area contributed by atoms with Crippen LogP contribution >= 0.6 is 0 Å². The molecule has 3 heteroatoms. The van der Waals surface area contributed by atoms with Crippen molar-refractivity contribution < 1.29 is 9.59 Å². The number of carbonyl (C=O) groups excluding carboxylic acids is 2. The Balaban J connectivity index is 2.05. The lowest BCUT2D eigenvalue weighted by atomic mass is 10.1. The molecule has 120 valence electrons. The number of hydrogen-bond donors (Lipinski definition) is 1. The minimum absolute atomic E-state index is 0.112. The minimum Gasteiger partial charge on any atom is -0.322 e. The molecule has 2 aromatic rings. The summed E-state index contributed by atoms with van der Waals surface area (Å²) < 4.78 is 0. The first kappa shape index (κ1) is 17.2. The van der Waals surface area contributed by atoms with E-state index < -0.39 is 0 Å². The Morgan fingerprint density at radius 1 is 0.917 bits per heavy atom. The fourth-order valence-corrected chi connectivity index (χ4v) is 2.02. The van der Waals surface area contributed by atoms with E-state index in [2.05, 4.69) is 5.32 Å². The summed E-state index contributed by atoms with van der Waals surface area (Å²) in [6.07, 6.45) is 10.0. The molecule has 0 fully saturated rings. The smallest absolute Gasteiger partial charge is 0.248 e. The van der Waals surface area contributed by atoms with Crippen molar-refractivity contribution in [3.8, 4) is 0 Å². The van der Waals surface area contributed by atoms with Gasteiger partial charge in [0.1, 0.15) is 0 Å². The monoisotopic (exact) mass is 317 g/mol. The van der Waals surface area contributed by atoms with Gasteiger partial charge in [0.25, 0.3) is 0 Å². The zero-order valence-corrected chi connectivity index (χ0v) is 13.5. The molecule has 0 saturated carbocycles. The van der Waals surface area contributed by atoms with E-state index in [9.17, 15) is 9.59 Å². The first-order valence-electron chi connectivity index (χ1n) is 7.67. The highest BCUT2D eigenvalue weighted by molar-refractivity contribution is 6.08. The molecular weight excluding hydrogens is 298 g/mol. The van der Waals surface area contributed by atoms with Gasteiger partial charge >= 0.3 is 0 Å². The van der Waals surface area contributed by atoms with Crippen LogP contribution in [0.4, 0.5) is 5.69 Å². The Bertz CT molecular complexity index is 786. The third-order valence-electron chi connectivity index (χ3n) is 3.19. The third-order valence-corrected chi connectivity index (χ3v) is 3.19.